The van der Waals surface area contributed by atoms with Crippen LogP contribution in [0.1, 0.15) is 5.56 Å². The van der Waals surface area contributed by atoms with Gasteiger partial charge in [0.2, 0.25) is 0 Å². The molecule has 0 radical (unpaired) electrons. The summed E-state index contributed by atoms with van der Waals surface area (Å²) in [7, 11) is 0. The first-order valence-electron chi connectivity index (χ1n) is 6.84. The predicted octanol–water partition coefficient (Wildman–Crippen LogP) is 5.13. The standard InChI is InChI=1S/C11H9Cl2NO2.C7H8/c12-6-1-2-7-16-11(15)14-10-5-3-4-9(13)8-10;1-7-5-3-2-4-6-7/h3-5,8H,6-7H2,(H,14,15);2-6H,1H3. The highest BCUT2D eigenvalue weighted by molar-refractivity contribution is 6.30. The number of hydrogen-bond acceptors (Lipinski definition) is 2. The first-order valence-corrected chi connectivity index (χ1v) is 7.75. The van der Waals surface area contributed by atoms with Crippen molar-refractivity contribution in [2.24, 2.45) is 0 Å². The molecule has 0 aromatic heterocycles. The van der Waals surface area contributed by atoms with Crippen LogP contribution in [0.25, 0.3) is 0 Å². The van der Waals surface area contributed by atoms with Crippen LogP contribution < -0.4 is 5.32 Å². The highest BCUT2D eigenvalue weighted by Gasteiger charge is 2.01. The summed E-state index contributed by atoms with van der Waals surface area (Å²) in [5.41, 5.74) is 1.89. The molecule has 0 fully saturated rings. The van der Waals surface area contributed by atoms with Crippen molar-refractivity contribution in [3.63, 3.8) is 0 Å². The molecule has 2 rings (SSSR count). The van der Waals surface area contributed by atoms with Crippen LogP contribution in [0.3, 0.4) is 0 Å². The lowest BCUT2D eigenvalue weighted by Gasteiger charge is -2.04. The Bertz CT molecular complexity index is 663. The fourth-order valence-corrected chi connectivity index (χ4v) is 1.74. The van der Waals surface area contributed by atoms with Crippen molar-refractivity contribution in [2.45, 2.75) is 6.92 Å². The average Bonchev–Trinajstić information content (AvgIpc) is 2.53. The summed E-state index contributed by atoms with van der Waals surface area (Å²) < 4.78 is 4.76. The number of rotatable bonds is 2. The van der Waals surface area contributed by atoms with E-state index in [9.17, 15) is 4.79 Å². The van der Waals surface area contributed by atoms with Crippen molar-refractivity contribution in [3.8, 4) is 11.8 Å². The second-order valence-electron chi connectivity index (χ2n) is 4.35. The fraction of sp³-hybridized carbons (Fsp3) is 0.167. The molecule has 2 aromatic carbocycles. The molecule has 0 saturated carbocycles. The molecular weight excluding hydrogens is 333 g/mol. The summed E-state index contributed by atoms with van der Waals surface area (Å²) in [6.45, 7) is 2.10. The van der Waals surface area contributed by atoms with E-state index in [1.807, 2.05) is 18.2 Å². The van der Waals surface area contributed by atoms with E-state index in [-0.39, 0.29) is 12.5 Å². The quantitative estimate of drug-likeness (QED) is 0.603. The van der Waals surface area contributed by atoms with Crippen molar-refractivity contribution in [1.29, 1.82) is 0 Å². The third-order valence-corrected chi connectivity index (χ3v) is 2.85. The van der Waals surface area contributed by atoms with Crippen LogP contribution >= 0.6 is 23.2 Å². The number of benzene rings is 2. The first kappa shape index (κ1) is 18.9. The van der Waals surface area contributed by atoms with E-state index in [0.717, 1.165) is 0 Å². The summed E-state index contributed by atoms with van der Waals surface area (Å²) >= 11 is 11.1. The molecule has 0 saturated heterocycles. The van der Waals surface area contributed by atoms with Crippen LogP contribution in [0.15, 0.2) is 54.6 Å². The van der Waals surface area contributed by atoms with Crippen molar-refractivity contribution < 1.29 is 9.53 Å². The van der Waals surface area contributed by atoms with Crippen LogP contribution in [-0.4, -0.2) is 18.6 Å². The highest BCUT2D eigenvalue weighted by atomic mass is 35.5. The number of carbonyl (C=O) groups excluding carboxylic acids is 1. The van der Waals surface area contributed by atoms with Crippen molar-refractivity contribution in [3.05, 3.63) is 65.2 Å². The van der Waals surface area contributed by atoms with Gasteiger partial charge in [0, 0.05) is 10.7 Å². The molecule has 0 spiro atoms. The minimum absolute atomic E-state index is 0.0130. The molecule has 1 amide bonds. The van der Waals surface area contributed by atoms with Gasteiger partial charge in [-0.25, -0.2) is 4.79 Å². The molecule has 23 heavy (non-hydrogen) atoms. The molecule has 0 heterocycles. The maximum atomic E-state index is 11.2. The van der Waals surface area contributed by atoms with E-state index >= 15 is 0 Å². The first-order chi connectivity index (χ1) is 11.1. The number of nitrogens with one attached hydrogen (secondary N) is 1. The van der Waals surface area contributed by atoms with E-state index in [4.69, 9.17) is 27.9 Å². The summed E-state index contributed by atoms with van der Waals surface area (Å²) in [6, 6.07) is 17.0. The molecule has 0 aliphatic carbocycles. The molecule has 5 heteroatoms. The molecule has 2 aromatic rings. The van der Waals surface area contributed by atoms with E-state index in [1.165, 1.54) is 5.56 Å². The zero-order valence-corrected chi connectivity index (χ0v) is 14.2. The molecule has 0 aliphatic heterocycles. The molecule has 0 unspecified atom stereocenters. The van der Waals surface area contributed by atoms with Gasteiger partial charge in [-0.1, -0.05) is 65.4 Å². The van der Waals surface area contributed by atoms with Gasteiger partial charge in [0.1, 0.15) is 0 Å². The molecule has 0 aliphatic rings. The van der Waals surface area contributed by atoms with Gasteiger partial charge in [-0.15, -0.1) is 11.6 Å². The zero-order chi connectivity index (χ0) is 16.9. The normalized spacial score (nSPS) is 8.83. The van der Waals surface area contributed by atoms with Crippen LogP contribution in [0.5, 0.6) is 0 Å². The highest BCUT2D eigenvalue weighted by Crippen LogP contribution is 2.14. The Hall–Kier alpha value is -2.15. The van der Waals surface area contributed by atoms with E-state index in [2.05, 4.69) is 36.2 Å². The maximum absolute atomic E-state index is 11.2. The summed E-state index contributed by atoms with van der Waals surface area (Å²) in [5.74, 6) is 5.36. The van der Waals surface area contributed by atoms with Gasteiger partial charge in [-0.05, 0) is 25.1 Å². The second kappa shape index (κ2) is 11.4. The second-order valence-corrected chi connectivity index (χ2v) is 5.06. The van der Waals surface area contributed by atoms with E-state index in [1.54, 1.807) is 24.3 Å². The predicted molar refractivity (Wildman–Crippen MR) is 96.1 cm³/mol. The zero-order valence-electron chi connectivity index (χ0n) is 12.7. The molecule has 0 atom stereocenters. The Morgan fingerprint density at radius 3 is 2.43 bits per heavy atom. The maximum Gasteiger partial charge on any atom is 0.412 e. The van der Waals surface area contributed by atoms with Crippen molar-refractivity contribution in [1.82, 2.24) is 0 Å². The summed E-state index contributed by atoms with van der Waals surface area (Å²) in [4.78, 5) is 11.2. The van der Waals surface area contributed by atoms with Gasteiger partial charge in [-0.3, -0.25) is 5.32 Å². The monoisotopic (exact) mass is 349 g/mol. The molecule has 0 bridgehead atoms. The fourth-order valence-electron chi connectivity index (χ4n) is 1.45. The Labute approximate surface area is 146 Å². The summed E-state index contributed by atoms with van der Waals surface area (Å²) in [6.07, 6.45) is -0.578. The number of hydrogen-bond donors (Lipinski definition) is 1. The van der Waals surface area contributed by atoms with Gasteiger partial charge in [0.15, 0.2) is 6.61 Å². The molecule has 120 valence electrons. The number of anilines is 1. The van der Waals surface area contributed by atoms with Gasteiger partial charge in [0.05, 0.1) is 5.88 Å². The molecule has 1 N–H and O–H groups in total. The van der Waals surface area contributed by atoms with Gasteiger partial charge in [0.25, 0.3) is 0 Å². The van der Waals surface area contributed by atoms with Gasteiger partial charge < -0.3 is 4.74 Å². The third-order valence-electron chi connectivity index (χ3n) is 2.48. The Morgan fingerprint density at radius 1 is 1.13 bits per heavy atom. The Morgan fingerprint density at radius 2 is 1.87 bits per heavy atom. The lowest BCUT2D eigenvalue weighted by atomic mass is 10.2. The Kier molecular flexibility index (Phi) is 9.38. The minimum Gasteiger partial charge on any atom is -0.436 e. The van der Waals surface area contributed by atoms with Gasteiger partial charge in [-0.2, -0.15) is 0 Å². The van der Waals surface area contributed by atoms with E-state index in [0.29, 0.717) is 10.7 Å². The van der Waals surface area contributed by atoms with Gasteiger partial charge >= 0.3 is 6.09 Å². The smallest absolute Gasteiger partial charge is 0.412 e. The van der Waals surface area contributed by atoms with Crippen molar-refractivity contribution >= 4 is 35.0 Å². The van der Waals surface area contributed by atoms with Crippen LogP contribution in [-0.2, 0) is 4.74 Å². The van der Waals surface area contributed by atoms with Crippen LogP contribution in [0.4, 0.5) is 10.5 Å². The number of aryl methyl sites for hydroxylation is 1. The minimum atomic E-state index is -0.578. The largest absolute Gasteiger partial charge is 0.436 e. The number of ether oxygens (including phenoxy) is 1. The topological polar surface area (TPSA) is 38.3 Å². The Balaban J connectivity index is 0.000000313. The lowest BCUT2D eigenvalue weighted by Crippen LogP contribution is -2.13. The SMILES string of the molecule is Cc1ccccc1.O=C(Nc1cccc(Cl)c1)OCC#CCCl. The lowest BCUT2D eigenvalue weighted by molar-refractivity contribution is 0.176. The number of carbonyl (C=O) groups is 1. The number of alkyl halides is 1. The third kappa shape index (κ3) is 9.46. The van der Waals surface area contributed by atoms with E-state index < -0.39 is 6.09 Å². The average molecular weight is 350 g/mol. The van der Waals surface area contributed by atoms with Crippen molar-refractivity contribution in [2.75, 3.05) is 17.8 Å². The number of amides is 1. The number of halogens is 2. The molecular formula is C18H17Cl2NO2. The van der Waals surface area contributed by atoms with Crippen LogP contribution in [0, 0.1) is 18.8 Å². The van der Waals surface area contributed by atoms with Crippen LogP contribution in [0.2, 0.25) is 5.02 Å². The summed E-state index contributed by atoms with van der Waals surface area (Å²) in [5, 5.41) is 3.05. The molecule has 3 nitrogen and oxygen atoms in total.